The maximum absolute atomic E-state index is 11.6. The monoisotopic (exact) mass is 202 g/mol. The lowest BCUT2D eigenvalue weighted by atomic mass is 9.71. The molecule has 0 aromatic carbocycles. The van der Waals surface area contributed by atoms with E-state index in [2.05, 4.69) is 0 Å². The first-order chi connectivity index (χ1) is 5.98. The van der Waals surface area contributed by atoms with Crippen LogP contribution in [-0.4, -0.2) is 16.8 Å². The van der Waals surface area contributed by atoms with Gasteiger partial charge in [0.05, 0.1) is 11.8 Å². The van der Waals surface area contributed by atoms with E-state index in [0.29, 0.717) is 19.3 Å². The number of hydrogen-bond donors (Lipinski definition) is 0. The van der Waals surface area contributed by atoms with Crippen LogP contribution < -0.4 is 0 Å². The highest BCUT2D eigenvalue weighted by Crippen LogP contribution is 2.53. The van der Waals surface area contributed by atoms with Gasteiger partial charge in [0.2, 0.25) is 0 Å². The van der Waals surface area contributed by atoms with Gasteiger partial charge >= 0.3 is 5.97 Å². The molecular weight excluding hydrogens is 192 g/mol. The van der Waals surface area contributed by atoms with Crippen molar-refractivity contribution in [3.8, 4) is 0 Å². The summed E-state index contributed by atoms with van der Waals surface area (Å²) in [6, 6.07) is 0. The molecular formula is C9H11ClO3. The van der Waals surface area contributed by atoms with E-state index in [4.69, 9.17) is 16.3 Å². The Kier molecular flexibility index (Phi) is 1.71. The Bertz CT molecular complexity index is 289. The Labute approximate surface area is 81.4 Å². The molecule has 1 heterocycles. The van der Waals surface area contributed by atoms with Crippen LogP contribution in [0.3, 0.4) is 0 Å². The lowest BCUT2D eigenvalue weighted by molar-refractivity contribution is -0.147. The molecule has 2 aliphatic rings. The van der Waals surface area contributed by atoms with E-state index in [1.807, 2.05) is 0 Å². The molecule has 0 radical (unpaired) electrons. The Balaban J connectivity index is 2.42. The zero-order chi connectivity index (χ0) is 9.69. The number of halogens is 1. The Morgan fingerprint density at radius 2 is 2.15 bits per heavy atom. The molecule has 2 fully saturated rings. The van der Waals surface area contributed by atoms with E-state index in [-0.39, 0.29) is 18.2 Å². The minimum Gasteiger partial charge on any atom is -0.442 e. The summed E-state index contributed by atoms with van der Waals surface area (Å²) in [5, 5.41) is -1.06. The van der Waals surface area contributed by atoms with Crippen molar-refractivity contribution in [3.05, 3.63) is 0 Å². The van der Waals surface area contributed by atoms with Crippen LogP contribution in [0.4, 0.5) is 0 Å². The van der Waals surface area contributed by atoms with Crippen molar-refractivity contribution in [1.82, 2.24) is 0 Å². The highest BCUT2D eigenvalue weighted by atomic mass is 35.5. The summed E-state index contributed by atoms with van der Waals surface area (Å²) >= 11 is 6.14. The lowest BCUT2D eigenvalue weighted by Gasteiger charge is -2.38. The number of carbonyl (C=O) groups excluding carboxylic acids is 2. The predicted molar refractivity (Wildman–Crippen MR) is 46.3 cm³/mol. The average Bonchev–Trinajstić information content (AvgIpc) is 2.23. The fourth-order valence-electron chi connectivity index (χ4n) is 2.14. The van der Waals surface area contributed by atoms with Crippen LogP contribution in [0.25, 0.3) is 0 Å². The topological polar surface area (TPSA) is 43.4 Å². The average molecular weight is 203 g/mol. The van der Waals surface area contributed by atoms with Gasteiger partial charge in [0.25, 0.3) is 0 Å². The Morgan fingerprint density at radius 1 is 1.46 bits per heavy atom. The smallest absolute Gasteiger partial charge is 0.308 e. The first kappa shape index (κ1) is 9.00. The van der Waals surface area contributed by atoms with Gasteiger partial charge in [-0.3, -0.25) is 9.59 Å². The summed E-state index contributed by atoms with van der Waals surface area (Å²) in [6.45, 7) is 1.73. The number of hydrogen-bond acceptors (Lipinski definition) is 3. The van der Waals surface area contributed by atoms with Crippen LogP contribution in [0.2, 0.25) is 0 Å². The molecule has 13 heavy (non-hydrogen) atoms. The molecule has 0 amide bonds. The fourth-order valence-corrected chi connectivity index (χ4v) is 2.53. The van der Waals surface area contributed by atoms with Gasteiger partial charge in [0.1, 0.15) is 5.78 Å². The number of alkyl halides is 1. The van der Waals surface area contributed by atoms with Crippen LogP contribution in [-0.2, 0) is 14.3 Å². The molecule has 3 nitrogen and oxygen atoms in total. The summed E-state index contributed by atoms with van der Waals surface area (Å²) in [4.78, 5) is 22.7. The SMILES string of the molecule is C[C@@]12CC(=O)O[C@]1(Cl)CCCC2=O. The second kappa shape index (κ2) is 2.47. The van der Waals surface area contributed by atoms with E-state index in [1.165, 1.54) is 0 Å². The molecule has 2 atom stereocenters. The lowest BCUT2D eigenvalue weighted by Crippen LogP contribution is -2.47. The molecule has 1 saturated carbocycles. The van der Waals surface area contributed by atoms with Crippen LogP contribution in [0.1, 0.15) is 32.6 Å². The number of esters is 1. The number of carbonyl (C=O) groups is 2. The number of fused-ring (bicyclic) bond motifs is 1. The number of ether oxygens (including phenoxy) is 1. The van der Waals surface area contributed by atoms with Crippen molar-refractivity contribution in [2.75, 3.05) is 0 Å². The molecule has 2 rings (SSSR count). The third-order valence-corrected chi connectivity index (χ3v) is 3.80. The molecule has 1 saturated heterocycles. The minimum absolute atomic E-state index is 0.0552. The molecule has 0 spiro atoms. The van der Waals surface area contributed by atoms with Gasteiger partial charge in [-0.25, -0.2) is 0 Å². The molecule has 4 heteroatoms. The Morgan fingerprint density at radius 3 is 2.77 bits per heavy atom. The van der Waals surface area contributed by atoms with Gasteiger partial charge < -0.3 is 4.74 Å². The zero-order valence-corrected chi connectivity index (χ0v) is 8.19. The van der Waals surface area contributed by atoms with Crippen molar-refractivity contribution in [3.63, 3.8) is 0 Å². The maximum atomic E-state index is 11.6. The van der Waals surface area contributed by atoms with Crippen LogP contribution in [0, 0.1) is 5.41 Å². The predicted octanol–water partition coefficient (Wildman–Crippen LogP) is 1.63. The third kappa shape index (κ3) is 1.03. The van der Waals surface area contributed by atoms with Gasteiger partial charge in [-0.1, -0.05) is 11.6 Å². The second-order valence-corrected chi connectivity index (χ2v) is 4.60. The number of Topliss-reactive ketones (excluding diaryl/α,β-unsaturated/α-hetero) is 1. The fraction of sp³-hybridized carbons (Fsp3) is 0.778. The van der Waals surface area contributed by atoms with E-state index in [9.17, 15) is 9.59 Å². The first-order valence-corrected chi connectivity index (χ1v) is 4.80. The van der Waals surface area contributed by atoms with E-state index < -0.39 is 10.5 Å². The molecule has 0 aromatic rings. The van der Waals surface area contributed by atoms with Gasteiger partial charge in [0.15, 0.2) is 5.06 Å². The van der Waals surface area contributed by atoms with Gasteiger partial charge in [-0.05, 0) is 13.3 Å². The van der Waals surface area contributed by atoms with Crippen molar-refractivity contribution in [2.45, 2.75) is 37.7 Å². The normalized spacial score (nSPS) is 44.5. The van der Waals surface area contributed by atoms with Gasteiger partial charge in [-0.15, -0.1) is 0 Å². The summed E-state index contributed by atoms with van der Waals surface area (Å²) < 4.78 is 5.03. The van der Waals surface area contributed by atoms with Crippen molar-refractivity contribution < 1.29 is 14.3 Å². The van der Waals surface area contributed by atoms with E-state index in [1.54, 1.807) is 6.92 Å². The van der Waals surface area contributed by atoms with Gasteiger partial charge in [0, 0.05) is 12.8 Å². The van der Waals surface area contributed by atoms with Crippen molar-refractivity contribution >= 4 is 23.4 Å². The molecule has 72 valence electrons. The Hall–Kier alpha value is -0.570. The number of ketones is 1. The van der Waals surface area contributed by atoms with Crippen LogP contribution in [0.5, 0.6) is 0 Å². The third-order valence-electron chi connectivity index (χ3n) is 3.12. The largest absolute Gasteiger partial charge is 0.442 e. The first-order valence-electron chi connectivity index (χ1n) is 4.42. The summed E-state index contributed by atoms with van der Waals surface area (Å²) in [5.41, 5.74) is -0.788. The minimum atomic E-state index is -1.06. The highest BCUT2D eigenvalue weighted by molar-refractivity contribution is 6.27. The molecule has 0 aromatic heterocycles. The van der Waals surface area contributed by atoms with Crippen LogP contribution >= 0.6 is 11.6 Å². The summed E-state index contributed by atoms with van der Waals surface area (Å²) in [6.07, 6.45) is 1.95. The van der Waals surface area contributed by atoms with E-state index >= 15 is 0 Å². The van der Waals surface area contributed by atoms with E-state index in [0.717, 1.165) is 0 Å². The second-order valence-electron chi connectivity index (χ2n) is 3.99. The molecule has 0 N–H and O–H groups in total. The van der Waals surface area contributed by atoms with Crippen molar-refractivity contribution in [2.24, 2.45) is 5.41 Å². The molecule has 0 bridgehead atoms. The summed E-state index contributed by atoms with van der Waals surface area (Å²) in [5.74, 6) is -0.299. The molecule has 1 aliphatic heterocycles. The quantitative estimate of drug-likeness (QED) is 0.443. The highest BCUT2D eigenvalue weighted by Gasteiger charge is 2.62. The molecule has 1 aliphatic carbocycles. The van der Waals surface area contributed by atoms with Crippen LogP contribution in [0.15, 0.2) is 0 Å². The summed E-state index contributed by atoms with van der Waals surface area (Å²) in [7, 11) is 0. The molecule has 0 unspecified atom stereocenters. The zero-order valence-electron chi connectivity index (χ0n) is 7.43. The number of rotatable bonds is 0. The maximum Gasteiger partial charge on any atom is 0.308 e. The van der Waals surface area contributed by atoms with Crippen molar-refractivity contribution in [1.29, 1.82) is 0 Å². The standard InChI is InChI=1S/C9H11ClO3/c1-8-5-7(12)13-9(8,10)4-2-3-6(8)11/h2-5H2,1H3/t8-,9+/m0/s1. The van der Waals surface area contributed by atoms with Gasteiger partial charge in [-0.2, -0.15) is 0 Å².